The molecule has 2 aliphatic heterocycles. The van der Waals surface area contributed by atoms with Gasteiger partial charge in [-0.15, -0.1) is 0 Å². The van der Waals surface area contributed by atoms with Crippen LogP contribution in [0, 0.1) is 5.41 Å². The number of benzene rings is 1. The van der Waals surface area contributed by atoms with Crippen LogP contribution in [-0.4, -0.2) is 42.7 Å². The van der Waals surface area contributed by atoms with Gasteiger partial charge in [-0.05, 0) is 48.6 Å². The van der Waals surface area contributed by atoms with E-state index in [-0.39, 0.29) is 11.3 Å². The third kappa shape index (κ3) is 3.35. The van der Waals surface area contributed by atoms with Gasteiger partial charge in [0.2, 0.25) is 12.7 Å². The number of thioether (sulfide) groups is 1. The molecule has 1 atom stereocenters. The zero-order valence-corrected chi connectivity index (χ0v) is 14.1. The molecule has 1 saturated heterocycles. The minimum Gasteiger partial charge on any atom is -0.454 e. The van der Waals surface area contributed by atoms with Crippen LogP contribution in [-0.2, 0) is 11.2 Å². The lowest BCUT2D eigenvalue weighted by molar-refractivity contribution is -0.131. The SMILES string of the molecule is CSCC(=O)N1CCC[C@](C)(Cc2ccc3c(c2)OCO3)C1. The molecule has 0 aromatic heterocycles. The highest BCUT2D eigenvalue weighted by Crippen LogP contribution is 2.37. The number of ether oxygens (including phenoxy) is 2. The van der Waals surface area contributed by atoms with Crippen LogP contribution in [0.3, 0.4) is 0 Å². The molecule has 0 saturated carbocycles. The summed E-state index contributed by atoms with van der Waals surface area (Å²) in [6, 6.07) is 6.18. The third-order valence-electron chi connectivity index (χ3n) is 4.47. The maximum absolute atomic E-state index is 12.2. The Kier molecular flexibility index (Phi) is 4.52. The van der Waals surface area contributed by atoms with Crippen molar-refractivity contribution in [2.45, 2.75) is 26.2 Å². The van der Waals surface area contributed by atoms with Gasteiger partial charge in [0.1, 0.15) is 0 Å². The van der Waals surface area contributed by atoms with Crippen LogP contribution in [0.5, 0.6) is 11.5 Å². The average molecular weight is 321 g/mol. The summed E-state index contributed by atoms with van der Waals surface area (Å²) in [5, 5.41) is 0. The molecule has 22 heavy (non-hydrogen) atoms. The zero-order valence-electron chi connectivity index (χ0n) is 13.3. The average Bonchev–Trinajstić information content (AvgIpc) is 2.94. The fraction of sp³-hybridized carbons (Fsp3) is 0.588. The van der Waals surface area contributed by atoms with Crippen molar-refractivity contribution in [1.29, 1.82) is 0 Å². The number of piperidine rings is 1. The molecule has 1 fully saturated rings. The molecule has 2 heterocycles. The van der Waals surface area contributed by atoms with Crippen molar-refractivity contribution in [3.8, 4) is 11.5 Å². The summed E-state index contributed by atoms with van der Waals surface area (Å²) in [7, 11) is 0. The molecule has 3 rings (SSSR count). The molecule has 2 aliphatic rings. The number of rotatable bonds is 4. The quantitative estimate of drug-likeness (QED) is 0.855. The van der Waals surface area contributed by atoms with Crippen molar-refractivity contribution < 1.29 is 14.3 Å². The van der Waals surface area contributed by atoms with E-state index in [2.05, 4.69) is 19.1 Å². The number of carbonyl (C=O) groups is 1. The van der Waals surface area contributed by atoms with Gasteiger partial charge < -0.3 is 14.4 Å². The molecule has 0 spiro atoms. The number of amides is 1. The number of carbonyl (C=O) groups excluding carboxylic acids is 1. The van der Waals surface area contributed by atoms with Gasteiger partial charge in [0.15, 0.2) is 11.5 Å². The van der Waals surface area contributed by atoms with Gasteiger partial charge in [-0.3, -0.25) is 4.79 Å². The molecule has 1 aromatic rings. The van der Waals surface area contributed by atoms with Crippen molar-refractivity contribution >= 4 is 17.7 Å². The Labute approximate surface area is 136 Å². The Hall–Kier alpha value is -1.36. The summed E-state index contributed by atoms with van der Waals surface area (Å²) >= 11 is 1.60. The van der Waals surface area contributed by atoms with Gasteiger partial charge in [-0.1, -0.05) is 13.0 Å². The highest BCUT2D eigenvalue weighted by molar-refractivity contribution is 7.99. The van der Waals surface area contributed by atoms with Crippen molar-refractivity contribution in [2.24, 2.45) is 5.41 Å². The smallest absolute Gasteiger partial charge is 0.232 e. The minimum atomic E-state index is 0.139. The third-order valence-corrected chi connectivity index (χ3v) is 5.00. The minimum absolute atomic E-state index is 0.139. The lowest BCUT2D eigenvalue weighted by atomic mass is 9.77. The molecular formula is C17H23NO3S. The molecule has 120 valence electrons. The topological polar surface area (TPSA) is 38.8 Å². The van der Waals surface area contributed by atoms with Crippen molar-refractivity contribution in [3.63, 3.8) is 0 Å². The summed E-state index contributed by atoms with van der Waals surface area (Å²) in [6.07, 6.45) is 5.19. The summed E-state index contributed by atoms with van der Waals surface area (Å²) in [4.78, 5) is 14.2. The molecule has 0 unspecified atom stereocenters. The lowest BCUT2D eigenvalue weighted by Crippen LogP contribution is -2.46. The largest absolute Gasteiger partial charge is 0.454 e. The highest BCUT2D eigenvalue weighted by Gasteiger charge is 2.33. The van der Waals surface area contributed by atoms with E-state index >= 15 is 0 Å². The number of hydrogen-bond acceptors (Lipinski definition) is 4. The molecule has 5 heteroatoms. The lowest BCUT2D eigenvalue weighted by Gasteiger charge is -2.40. The fourth-order valence-electron chi connectivity index (χ4n) is 3.43. The van der Waals surface area contributed by atoms with E-state index in [0.29, 0.717) is 12.5 Å². The molecule has 1 aromatic carbocycles. The first-order valence-corrected chi connectivity index (χ1v) is 9.14. The molecule has 0 N–H and O–H groups in total. The predicted molar refractivity (Wildman–Crippen MR) is 88.6 cm³/mol. The molecular weight excluding hydrogens is 298 g/mol. The number of likely N-dealkylation sites (tertiary alicyclic amines) is 1. The van der Waals surface area contributed by atoms with Gasteiger partial charge in [-0.25, -0.2) is 0 Å². The van der Waals surface area contributed by atoms with E-state index in [0.717, 1.165) is 43.9 Å². The van der Waals surface area contributed by atoms with Crippen LogP contribution < -0.4 is 9.47 Å². The number of nitrogens with zero attached hydrogens (tertiary/aromatic N) is 1. The van der Waals surface area contributed by atoms with Crippen molar-refractivity contribution in [1.82, 2.24) is 4.90 Å². The summed E-state index contributed by atoms with van der Waals surface area (Å²) in [6.45, 7) is 4.35. The second kappa shape index (κ2) is 6.41. The van der Waals surface area contributed by atoms with Gasteiger partial charge in [0.05, 0.1) is 5.75 Å². The first kappa shape index (κ1) is 15.5. The molecule has 0 radical (unpaired) electrons. The van der Waals surface area contributed by atoms with E-state index in [4.69, 9.17) is 9.47 Å². The Morgan fingerprint density at radius 1 is 1.36 bits per heavy atom. The fourth-order valence-corrected chi connectivity index (χ4v) is 3.86. The van der Waals surface area contributed by atoms with E-state index in [1.165, 1.54) is 5.56 Å². The Morgan fingerprint density at radius 3 is 3.00 bits per heavy atom. The van der Waals surface area contributed by atoms with Crippen molar-refractivity contribution in [3.05, 3.63) is 23.8 Å². The standard InChI is InChI=1S/C17H23NO3S/c1-17(6-3-7-18(11-17)16(19)10-22-2)9-13-4-5-14-15(8-13)21-12-20-14/h4-5,8H,3,6-7,9-12H2,1-2H3/t17-/m1/s1. The second-order valence-electron chi connectivity index (χ2n) is 6.53. The Morgan fingerprint density at radius 2 is 2.18 bits per heavy atom. The van der Waals surface area contributed by atoms with Crippen LogP contribution >= 0.6 is 11.8 Å². The zero-order chi connectivity index (χ0) is 15.6. The first-order chi connectivity index (χ1) is 10.6. The van der Waals surface area contributed by atoms with E-state index in [1.807, 2.05) is 17.2 Å². The number of hydrogen-bond donors (Lipinski definition) is 0. The van der Waals surface area contributed by atoms with Crippen LogP contribution in [0.2, 0.25) is 0 Å². The predicted octanol–water partition coefficient (Wildman–Crippen LogP) is 2.95. The van der Waals surface area contributed by atoms with Crippen LogP contribution in [0.1, 0.15) is 25.3 Å². The Balaban J connectivity index is 1.69. The second-order valence-corrected chi connectivity index (χ2v) is 7.39. The van der Waals surface area contributed by atoms with Crippen molar-refractivity contribution in [2.75, 3.05) is 31.9 Å². The van der Waals surface area contributed by atoms with Crippen LogP contribution in [0.4, 0.5) is 0 Å². The number of fused-ring (bicyclic) bond motifs is 1. The van der Waals surface area contributed by atoms with E-state index < -0.39 is 0 Å². The van der Waals surface area contributed by atoms with Crippen LogP contribution in [0.15, 0.2) is 18.2 Å². The Bertz CT molecular complexity index is 563. The highest BCUT2D eigenvalue weighted by atomic mass is 32.2. The first-order valence-electron chi connectivity index (χ1n) is 7.75. The van der Waals surface area contributed by atoms with Gasteiger partial charge >= 0.3 is 0 Å². The summed E-state index contributed by atoms with van der Waals surface area (Å²) < 4.78 is 10.8. The molecule has 1 amide bonds. The maximum atomic E-state index is 12.2. The normalized spacial score (nSPS) is 23.6. The van der Waals surface area contributed by atoms with E-state index in [1.54, 1.807) is 11.8 Å². The molecule has 0 bridgehead atoms. The van der Waals surface area contributed by atoms with Gasteiger partial charge in [0, 0.05) is 13.1 Å². The monoisotopic (exact) mass is 321 g/mol. The molecule has 4 nitrogen and oxygen atoms in total. The van der Waals surface area contributed by atoms with Gasteiger partial charge in [0.25, 0.3) is 0 Å². The maximum Gasteiger partial charge on any atom is 0.232 e. The summed E-state index contributed by atoms with van der Waals surface area (Å²) in [5.41, 5.74) is 1.39. The van der Waals surface area contributed by atoms with Crippen LogP contribution in [0.25, 0.3) is 0 Å². The summed E-state index contributed by atoms with van der Waals surface area (Å²) in [5.74, 6) is 2.52. The van der Waals surface area contributed by atoms with E-state index in [9.17, 15) is 4.79 Å². The molecule has 0 aliphatic carbocycles. The van der Waals surface area contributed by atoms with Gasteiger partial charge in [-0.2, -0.15) is 11.8 Å².